The summed E-state index contributed by atoms with van der Waals surface area (Å²) in [5, 5.41) is 9.92. The Labute approximate surface area is 236 Å². The molecule has 1 aliphatic rings. The normalized spacial score (nSPS) is 15.0. The molecular weight excluding hydrogens is 482 g/mol. The van der Waals surface area contributed by atoms with E-state index in [4.69, 9.17) is 9.73 Å². The van der Waals surface area contributed by atoms with Crippen molar-refractivity contribution in [2.24, 2.45) is 4.99 Å². The largest absolute Gasteiger partial charge is 0.491 e. The highest BCUT2D eigenvalue weighted by Crippen LogP contribution is 2.31. The zero-order valence-corrected chi connectivity index (χ0v) is 24.6. The Morgan fingerprint density at radius 3 is 2.44 bits per heavy atom. The number of allylic oxidation sites excluding steroid dienone is 2. The molecule has 0 unspecified atom stereocenters. The van der Waals surface area contributed by atoms with Gasteiger partial charge in [-0.25, -0.2) is 4.99 Å². The van der Waals surface area contributed by atoms with Crippen LogP contribution in [0.1, 0.15) is 65.9 Å². The van der Waals surface area contributed by atoms with Crippen LogP contribution in [0.25, 0.3) is 0 Å². The van der Waals surface area contributed by atoms with Gasteiger partial charge in [-0.1, -0.05) is 49.4 Å². The molecule has 1 fully saturated rings. The SMILES string of the molecule is C=C(C)CCN(C(=NC(=C)Cc1ccc(N2CCC(O)CC2)cc1OC(C)C)/C(=C\C)CC)c1ccccc1. The Kier molecular flexibility index (Phi) is 11.4. The fraction of sp³-hybridized carbons (Fsp3) is 0.441. The van der Waals surface area contributed by atoms with Crippen molar-refractivity contribution in [3.8, 4) is 5.75 Å². The highest BCUT2D eigenvalue weighted by Gasteiger charge is 2.20. The predicted molar refractivity (Wildman–Crippen MR) is 167 cm³/mol. The maximum absolute atomic E-state index is 9.92. The van der Waals surface area contributed by atoms with Crippen LogP contribution < -0.4 is 14.5 Å². The zero-order valence-electron chi connectivity index (χ0n) is 24.6. The number of benzene rings is 2. The quantitative estimate of drug-likeness (QED) is 0.174. The third-order valence-electron chi connectivity index (χ3n) is 7.00. The maximum Gasteiger partial charge on any atom is 0.136 e. The van der Waals surface area contributed by atoms with Gasteiger partial charge in [-0.15, -0.1) is 6.58 Å². The van der Waals surface area contributed by atoms with Crippen LogP contribution in [0, 0.1) is 0 Å². The molecule has 0 saturated carbocycles. The molecule has 1 N–H and O–H groups in total. The fourth-order valence-electron chi connectivity index (χ4n) is 4.85. The van der Waals surface area contributed by atoms with E-state index in [0.717, 1.165) is 85.1 Å². The van der Waals surface area contributed by atoms with Gasteiger partial charge in [0.2, 0.25) is 0 Å². The van der Waals surface area contributed by atoms with Crippen molar-refractivity contribution in [3.63, 3.8) is 0 Å². The average Bonchev–Trinajstić information content (AvgIpc) is 2.91. The van der Waals surface area contributed by atoms with Crippen molar-refractivity contribution in [1.82, 2.24) is 0 Å². The number of nitrogens with zero attached hydrogens (tertiary/aromatic N) is 3. The molecule has 210 valence electrons. The Hall–Kier alpha value is -3.31. The summed E-state index contributed by atoms with van der Waals surface area (Å²) >= 11 is 0. The van der Waals surface area contributed by atoms with Crippen molar-refractivity contribution in [2.45, 2.75) is 78.9 Å². The van der Waals surface area contributed by atoms with Crippen molar-refractivity contribution in [1.29, 1.82) is 0 Å². The van der Waals surface area contributed by atoms with Gasteiger partial charge < -0.3 is 19.6 Å². The number of hydrogen-bond donors (Lipinski definition) is 1. The highest BCUT2D eigenvalue weighted by atomic mass is 16.5. The number of aliphatic hydroxyl groups is 1. The number of anilines is 2. The molecule has 0 aromatic heterocycles. The lowest BCUT2D eigenvalue weighted by Crippen LogP contribution is -2.35. The molecule has 0 radical (unpaired) electrons. The maximum atomic E-state index is 9.92. The van der Waals surface area contributed by atoms with Gasteiger partial charge in [0.1, 0.15) is 11.6 Å². The molecule has 0 spiro atoms. The van der Waals surface area contributed by atoms with E-state index < -0.39 is 0 Å². The molecule has 0 atom stereocenters. The first-order valence-electron chi connectivity index (χ1n) is 14.3. The molecular formula is C34H47N3O2. The molecule has 5 nitrogen and oxygen atoms in total. The first kappa shape index (κ1) is 30.2. The van der Waals surface area contributed by atoms with E-state index in [1.807, 2.05) is 6.07 Å². The smallest absolute Gasteiger partial charge is 0.136 e. The Morgan fingerprint density at radius 2 is 1.85 bits per heavy atom. The summed E-state index contributed by atoms with van der Waals surface area (Å²) in [6.07, 6.45) is 5.95. The molecule has 0 bridgehead atoms. The van der Waals surface area contributed by atoms with Gasteiger partial charge >= 0.3 is 0 Å². The summed E-state index contributed by atoms with van der Waals surface area (Å²) in [5.41, 5.74) is 6.43. The minimum atomic E-state index is -0.196. The standard InChI is InChI=1S/C34H47N3O2/c1-8-28(9-2)34(37(22-17-25(3)4)30-13-11-10-12-14-30)35-27(7)23-29-15-16-31(24-33(29)39-26(5)6)36-20-18-32(38)19-21-36/h8,10-16,24,26,32,38H,3,7,9,17-23H2,1-2,4-6H3/b28-8-,35-34?. The molecule has 5 heteroatoms. The van der Waals surface area contributed by atoms with E-state index >= 15 is 0 Å². The summed E-state index contributed by atoms with van der Waals surface area (Å²) in [5.74, 6) is 1.81. The van der Waals surface area contributed by atoms with Crippen LogP contribution >= 0.6 is 0 Å². The lowest BCUT2D eigenvalue weighted by Gasteiger charge is -2.32. The summed E-state index contributed by atoms with van der Waals surface area (Å²) in [4.78, 5) is 9.78. The number of hydrogen-bond acceptors (Lipinski definition) is 4. The topological polar surface area (TPSA) is 48.3 Å². The number of rotatable bonds is 12. The number of amidine groups is 1. The third-order valence-corrected chi connectivity index (χ3v) is 7.00. The van der Waals surface area contributed by atoms with Crippen LogP contribution in [-0.4, -0.2) is 42.8 Å². The monoisotopic (exact) mass is 529 g/mol. The second kappa shape index (κ2) is 14.7. The zero-order chi connectivity index (χ0) is 28.4. The Morgan fingerprint density at radius 1 is 1.15 bits per heavy atom. The highest BCUT2D eigenvalue weighted by molar-refractivity contribution is 6.10. The second-order valence-electron chi connectivity index (χ2n) is 10.7. The number of piperidine rings is 1. The van der Waals surface area contributed by atoms with Crippen LogP contribution in [0.3, 0.4) is 0 Å². The van der Waals surface area contributed by atoms with Crippen molar-refractivity contribution in [2.75, 3.05) is 29.4 Å². The summed E-state index contributed by atoms with van der Waals surface area (Å²) in [6.45, 7) is 21.5. The van der Waals surface area contributed by atoms with E-state index in [9.17, 15) is 5.11 Å². The third kappa shape index (κ3) is 8.86. The predicted octanol–water partition coefficient (Wildman–Crippen LogP) is 7.72. The van der Waals surface area contributed by atoms with E-state index in [1.165, 1.54) is 5.57 Å². The van der Waals surface area contributed by atoms with Crippen LogP contribution in [-0.2, 0) is 6.42 Å². The molecule has 1 saturated heterocycles. The van der Waals surface area contributed by atoms with Gasteiger partial charge in [0, 0.05) is 54.8 Å². The van der Waals surface area contributed by atoms with Gasteiger partial charge in [-0.05, 0) is 77.2 Å². The minimum absolute atomic E-state index is 0.0555. The van der Waals surface area contributed by atoms with E-state index in [0.29, 0.717) is 6.42 Å². The summed E-state index contributed by atoms with van der Waals surface area (Å²) < 4.78 is 6.28. The molecule has 3 rings (SSSR count). The minimum Gasteiger partial charge on any atom is -0.491 e. The van der Waals surface area contributed by atoms with Crippen molar-refractivity contribution in [3.05, 3.63) is 90.2 Å². The number of ether oxygens (including phenoxy) is 1. The van der Waals surface area contributed by atoms with Crippen molar-refractivity contribution < 1.29 is 9.84 Å². The first-order chi connectivity index (χ1) is 18.7. The molecule has 1 heterocycles. The van der Waals surface area contributed by atoms with Crippen LogP contribution in [0.2, 0.25) is 0 Å². The molecule has 2 aromatic rings. The molecule has 0 amide bonds. The van der Waals surface area contributed by atoms with E-state index in [2.05, 4.69) is 106 Å². The van der Waals surface area contributed by atoms with Crippen LogP contribution in [0.15, 0.2) is 89.6 Å². The second-order valence-corrected chi connectivity index (χ2v) is 10.7. The van der Waals surface area contributed by atoms with E-state index in [1.54, 1.807) is 0 Å². The number of aliphatic imine (C=N–C) groups is 1. The van der Waals surface area contributed by atoms with Gasteiger partial charge in [-0.2, -0.15) is 0 Å². The Balaban J connectivity index is 1.94. The van der Waals surface area contributed by atoms with Crippen molar-refractivity contribution >= 4 is 17.2 Å². The van der Waals surface area contributed by atoms with Gasteiger partial charge in [0.15, 0.2) is 0 Å². The molecule has 1 aliphatic heterocycles. The van der Waals surface area contributed by atoms with Gasteiger partial charge in [0.05, 0.1) is 12.2 Å². The number of aliphatic hydroxyl groups excluding tert-OH is 1. The lowest BCUT2D eigenvalue weighted by atomic mass is 10.0. The summed E-state index contributed by atoms with van der Waals surface area (Å²) in [6, 6.07) is 16.9. The van der Waals surface area contributed by atoms with Crippen LogP contribution in [0.4, 0.5) is 11.4 Å². The Bertz CT molecular complexity index is 1160. The summed E-state index contributed by atoms with van der Waals surface area (Å²) in [7, 11) is 0. The number of para-hydroxylation sites is 1. The first-order valence-corrected chi connectivity index (χ1v) is 14.3. The lowest BCUT2D eigenvalue weighted by molar-refractivity contribution is 0.145. The van der Waals surface area contributed by atoms with Gasteiger partial charge in [0.25, 0.3) is 0 Å². The molecule has 2 aromatic carbocycles. The average molecular weight is 530 g/mol. The van der Waals surface area contributed by atoms with Gasteiger partial charge in [-0.3, -0.25) is 0 Å². The fourth-order valence-corrected chi connectivity index (χ4v) is 4.85. The molecule has 0 aliphatic carbocycles. The van der Waals surface area contributed by atoms with E-state index in [-0.39, 0.29) is 12.2 Å². The molecule has 39 heavy (non-hydrogen) atoms. The van der Waals surface area contributed by atoms with Crippen LogP contribution in [0.5, 0.6) is 5.75 Å².